The van der Waals surface area contributed by atoms with Crippen LogP contribution in [-0.2, 0) is 48.1 Å². The van der Waals surface area contributed by atoms with Gasteiger partial charge in [0.25, 0.3) is 0 Å². The Hall–Kier alpha value is -7.47. The first-order valence-electron chi connectivity index (χ1n) is 28.8. The summed E-state index contributed by atoms with van der Waals surface area (Å²) in [5.41, 5.74) is 16.3. The second-order valence-corrected chi connectivity index (χ2v) is 27.2. The van der Waals surface area contributed by atoms with Crippen molar-refractivity contribution in [3.05, 3.63) is 210 Å². The summed E-state index contributed by atoms with van der Waals surface area (Å²) in [6, 6.07) is 59.8. The Labute approximate surface area is 499 Å². The minimum Gasteiger partial charge on any atom is -0.509 e. The van der Waals surface area contributed by atoms with Crippen LogP contribution in [0.4, 0.5) is 27.1 Å². The van der Waals surface area contributed by atoms with Crippen LogP contribution in [0.1, 0.15) is 133 Å². The maximum absolute atomic E-state index is 15.3. The summed E-state index contributed by atoms with van der Waals surface area (Å²) < 4.78 is 39.5. The maximum Gasteiger partial charge on any atom is 0.171 e. The predicted molar refractivity (Wildman–Crippen MR) is 336 cm³/mol. The second kappa shape index (κ2) is 20.2. The molecule has 0 bridgehead atoms. The van der Waals surface area contributed by atoms with Crippen LogP contribution in [-0.4, -0.2) is 9.55 Å². The Morgan fingerprint density at radius 2 is 1.04 bits per heavy atom. The van der Waals surface area contributed by atoms with Gasteiger partial charge in [-0.05, 0) is 114 Å². The summed E-state index contributed by atoms with van der Waals surface area (Å²) in [5.74, 6) is 1.10. The summed E-state index contributed by atoms with van der Waals surface area (Å²) >= 11 is 0. The number of anilines is 4. The molecule has 0 unspecified atom stereocenters. The molecule has 3 aromatic heterocycles. The number of hydrogen-bond acceptors (Lipinski definition) is 5. The fourth-order valence-electron chi connectivity index (χ4n) is 11.3. The van der Waals surface area contributed by atoms with Gasteiger partial charge in [0.2, 0.25) is 0 Å². The van der Waals surface area contributed by atoms with Crippen molar-refractivity contribution in [3.63, 3.8) is 0 Å². The number of furan rings is 1. The molecule has 0 saturated heterocycles. The molecule has 0 atom stereocenters. The van der Waals surface area contributed by atoms with E-state index in [-0.39, 0.29) is 59.9 Å². The van der Waals surface area contributed by atoms with Crippen molar-refractivity contribution in [2.24, 2.45) is 0 Å². The number of aromatic nitrogens is 2. The number of rotatable bonds is 7. The van der Waals surface area contributed by atoms with E-state index in [0.717, 1.165) is 61.1 Å². The number of fused-ring (bicyclic) bond motifs is 8. The van der Waals surface area contributed by atoms with Crippen molar-refractivity contribution in [1.82, 2.24) is 9.55 Å². The largest absolute Gasteiger partial charge is 0.509 e. The maximum atomic E-state index is 15.3. The fourth-order valence-corrected chi connectivity index (χ4v) is 11.3. The summed E-state index contributed by atoms with van der Waals surface area (Å²) in [6.07, 6.45) is 0.149. The zero-order chi connectivity index (χ0) is 58.2. The van der Waals surface area contributed by atoms with Crippen LogP contribution in [0, 0.1) is 24.6 Å². The van der Waals surface area contributed by atoms with Gasteiger partial charge < -0.3 is 23.5 Å². The average molecular weight is 1260 g/mol. The van der Waals surface area contributed by atoms with Gasteiger partial charge in [-0.15, -0.1) is 42.7 Å². The van der Waals surface area contributed by atoms with Gasteiger partial charge in [-0.2, -0.15) is 12.1 Å². The Kier molecular flexibility index (Phi) is 13.5. The molecule has 82 heavy (non-hydrogen) atoms. The van der Waals surface area contributed by atoms with E-state index < -0.39 is 5.82 Å². The van der Waals surface area contributed by atoms with E-state index >= 15 is 4.39 Å². The number of benzene rings is 8. The zero-order valence-corrected chi connectivity index (χ0v) is 52.1. The third-order valence-electron chi connectivity index (χ3n) is 16.1. The molecule has 420 valence electrons. The molecule has 1 aliphatic rings. The molecule has 0 spiro atoms. The van der Waals surface area contributed by atoms with Crippen LogP contribution in [0.15, 0.2) is 162 Å². The summed E-state index contributed by atoms with van der Waals surface area (Å²) in [7, 11) is 0. The Morgan fingerprint density at radius 3 is 1.62 bits per heavy atom. The van der Waals surface area contributed by atoms with Crippen LogP contribution in [0.3, 0.4) is 0 Å². The molecule has 4 heterocycles. The molecule has 11 aromatic rings. The number of para-hydroxylation sites is 4. The number of hydrogen-bond donors (Lipinski definition) is 0. The first kappa shape index (κ1) is 55.1. The van der Waals surface area contributed by atoms with Crippen LogP contribution in [0.25, 0.3) is 71.8 Å². The minimum absolute atomic E-state index is 0. The monoisotopic (exact) mass is 1260 g/mol. The topological polar surface area (TPSA) is 46.7 Å². The molecule has 12 rings (SSSR count). The van der Waals surface area contributed by atoms with Gasteiger partial charge in [0.05, 0.1) is 1.37 Å². The predicted octanol–water partition coefficient (Wildman–Crippen LogP) is 20.8. The molecule has 0 radical (unpaired) electrons. The Bertz CT molecular complexity index is 4210. The number of nitrogens with zero attached hydrogens (tertiary/aromatic N) is 4. The smallest absolute Gasteiger partial charge is 0.171 e. The van der Waals surface area contributed by atoms with Crippen molar-refractivity contribution >= 4 is 66.5 Å². The van der Waals surface area contributed by atoms with Crippen molar-refractivity contribution in [2.75, 3.05) is 9.80 Å². The van der Waals surface area contributed by atoms with E-state index in [0.29, 0.717) is 33.8 Å². The third-order valence-corrected chi connectivity index (χ3v) is 16.1. The molecule has 0 saturated carbocycles. The zero-order valence-electron chi connectivity index (χ0n) is 50.8. The quantitative estimate of drug-likeness (QED) is 0.149. The van der Waals surface area contributed by atoms with Crippen molar-refractivity contribution in [2.45, 2.75) is 131 Å². The molecular formula is C74H72FN4O2Pt-3. The summed E-state index contributed by atoms with van der Waals surface area (Å²) in [5, 5.41) is 3.12. The first-order valence-corrected chi connectivity index (χ1v) is 28.3. The molecule has 6 nitrogen and oxygen atoms in total. The van der Waals surface area contributed by atoms with E-state index in [9.17, 15) is 0 Å². The molecule has 0 amide bonds. The van der Waals surface area contributed by atoms with Crippen molar-refractivity contribution in [3.8, 4) is 39.6 Å². The second-order valence-electron chi connectivity index (χ2n) is 27.2. The van der Waals surface area contributed by atoms with E-state index in [4.69, 9.17) is 15.5 Å². The number of ether oxygens (including phenoxy) is 1. The van der Waals surface area contributed by atoms with Crippen LogP contribution < -0.4 is 14.5 Å². The summed E-state index contributed by atoms with van der Waals surface area (Å²) in [6.45, 7) is 36.2. The standard InChI is InChI=1S/C74H72FN4O2.Pt/c1-70(2,3)47-33-34-76-65(41-47)79-63-32-31-58-57-25-20-26-60(75)68(57)81-69(58)66(63)59-30-29-54(43-64(59)79)80-53-22-18-21-52(42-53)77-44-78(62-28-17-16-27-61(62)77)67-55(45-35-48(71(4,5)6)39-49(36-45)72(7,8)9)23-19-24-56(67)46-37-50(73(10,11)12)40-51(38-46)74(13,14)15;/h16-41,44H,1-15H3;/q-3;/i34D;. The minimum atomic E-state index is -0.421. The van der Waals surface area contributed by atoms with E-state index in [1.165, 1.54) is 39.4 Å². The van der Waals surface area contributed by atoms with Crippen molar-refractivity contribution in [1.29, 1.82) is 0 Å². The molecule has 0 fully saturated rings. The van der Waals surface area contributed by atoms with Gasteiger partial charge in [0.1, 0.15) is 11.4 Å². The Morgan fingerprint density at radius 1 is 0.512 bits per heavy atom. The van der Waals surface area contributed by atoms with Crippen molar-refractivity contribution < 1.29 is 36.0 Å². The van der Waals surface area contributed by atoms with Gasteiger partial charge in [-0.25, -0.2) is 9.37 Å². The number of halogens is 1. The molecule has 0 aliphatic carbocycles. The van der Waals surface area contributed by atoms with Gasteiger partial charge in [0.15, 0.2) is 11.4 Å². The molecule has 8 heteroatoms. The van der Waals surface area contributed by atoms with Gasteiger partial charge in [0, 0.05) is 83.2 Å². The SMILES string of the molecule is [2H]c1cc(C(C)(C)C)cc(-n2c3[c-]c(Oc4[c-]c(N5[CH-]N(c6c(-c7cc(C(C)(C)C)cc(C(C)(C)C)c7)cccc6-c6cc(C(C)(C)C)cc(C(C)(C)C)c6)c6ccccc65)ccc4)ccc3c3c4oc5c(F)cccc5c4ccc32)n1.[Pt]. The number of pyridine rings is 1. The van der Waals surface area contributed by atoms with Crippen LogP contribution >= 0.6 is 0 Å². The third kappa shape index (κ3) is 10.1. The molecular weight excluding hydrogens is 1190 g/mol. The van der Waals surface area contributed by atoms with Crippen LogP contribution in [0.2, 0.25) is 0 Å². The van der Waals surface area contributed by atoms with E-state index in [2.05, 4.69) is 217 Å². The fraction of sp³-hybridized carbons (Fsp3) is 0.270. The molecule has 0 N–H and O–H groups in total. The normalized spacial score (nSPS) is 13.6. The molecule has 1 aliphatic heterocycles. The summed E-state index contributed by atoms with van der Waals surface area (Å²) in [4.78, 5) is 9.38. The van der Waals surface area contributed by atoms with Gasteiger partial charge in [-0.1, -0.05) is 194 Å². The van der Waals surface area contributed by atoms with E-state index in [1.54, 1.807) is 6.07 Å². The average Bonchev–Trinajstić information content (AvgIpc) is 1.99. The first-order chi connectivity index (χ1) is 38.6. The van der Waals surface area contributed by atoms with Gasteiger partial charge >= 0.3 is 0 Å². The Balaban J connectivity index is 0.00000721. The van der Waals surface area contributed by atoms with Crippen LogP contribution in [0.5, 0.6) is 11.5 Å². The molecule has 8 aromatic carbocycles. The van der Waals surface area contributed by atoms with Gasteiger partial charge in [-0.3, -0.25) is 0 Å². The van der Waals surface area contributed by atoms with E-state index in [1.807, 2.05) is 59.2 Å².